The van der Waals surface area contributed by atoms with Gasteiger partial charge in [-0.1, -0.05) is 5.16 Å². The summed E-state index contributed by atoms with van der Waals surface area (Å²) in [6, 6.07) is 1.60. The van der Waals surface area contributed by atoms with E-state index in [1.165, 1.54) is 17.0 Å². The standard InChI is InChI=1S/C22H22F3N7O2/c1-11-19(12(2)34-31-11)32-7-5-14-15(9-27-18(14)20(32)33)17-16(22(23,24)25)10-28-21(30-17)29-13-4-3-6-26-8-13/h5,7,9-10,13,26-27H,3-4,6,8H2,1-2H3,(H,28,29,30). The highest BCUT2D eigenvalue weighted by molar-refractivity contribution is 5.95. The fourth-order valence-corrected chi connectivity index (χ4v) is 4.34. The molecule has 1 fully saturated rings. The molecule has 9 nitrogen and oxygen atoms in total. The van der Waals surface area contributed by atoms with E-state index >= 15 is 0 Å². The van der Waals surface area contributed by atoms with Gasteiger partial charge in [-0.15, -0.1) is 0 Å². The summed E-state index contributed by atoms with van der Waals surface area (Å²) in [6.45, 7) is 4.96. The van der Waals surface area contributed by atoms with Crippen LogP contribution in [0, 0.1) is 13.8 Å². The lowest BCUT2D eigenvalue weighted by Crippen LogP contribution is -2.38. The Balaban J connectivity index is 1.63. The van der Waals surface area contributed by atoms with Gasteiger partial charge in [-0.25, -0.2) is 9.97 Å². The Bertz CT molecular complexity index is 1390. The molecule has 4 aromatic heterocycles. The van der Waals surface area contributed by atoms with E-state index in [-0.39, 0.29) is 28.8 Å². The molecule has 12 heteroatoms. The molecule has 5 rings (SSSR count). The number of H-pyrrole nitrogens is 1. The molecule has 1 aliphatic heterocycles. The van der Waals surface area contributed by atoms with E-state index in [4.69, 9.17) is 4.52 Å². The molecule has 0 bridgehead atoms. The zero-order valence-electron chi connectivity index (χ0n) is 18.5. The number of rotatable bonds is 4. The Morgan fingerprint density at radius 3 is 2.79 bits per heavy atom. The van der Waals surface area contributed by atoms with Gasteiger partial charge in [0.05, 0.1) is 5.69 Å². The van der Waals surface area contributed by atoms with Gasteiger partial charge >= 0.3 is 6.18 Å². The monoisotopic (exact) mass is 473 g/mol. The molecule has 178 valence electrons. The molecule has 0 aliphatic carbocycles. The van der Waals surface area contributed by atoms with Gasteiger partial charge in [-0.05, 0) is 39.3 Å². The summed E-state index contributed by atoms with van der Waals surface area (Å²) in [7, 11) is 0. The summed E-state index contributed by atoms with van der Waals surface area (Å²) >= 11 is 0. The van der Waals surface area contributed by atoms with Gasteiger partial charge in [0.15, 0.2) is 5.76 Å². The molecule has 3 N–H and O–H groups in total. The largest absolute Gasteiger partial charge is 0.419 e. The maximum absolute atomic E-state index is 13.8. The number of aromatic amines is 1. The van der Waals surface area contributed by atoms with Crippen molar-refractivity contribution in [3.05, 3.63) is 52.0 Å². The Morgan fingerprint density at radius 1 is 1.29 bits per heavy atom. The molecule has 1 aliphatic rings. The first kappa shape index (κ1) is 22.1. The van der Waals surface area contributed by atoms with Crippen LogP contribution >= 0.6 is 0 Å². The zero-order chi connectivity index (χ0) is 24.0. The Hall–Kier alpha value is -3.67. The molecule has 4 aromatic rings. The second-order valence-corrected chi connectivity index (χ2v) is 8.30. The van der Waals surface area contributed by atoms with Crippen LogP contribution in [-0.2, 0) is 6.18 Å². The van der Waals surface area contributed by atoms with Crippen molar-refractivity contribution >= 4 is 16.9 Å². The first-order valence-electron chi connectivity index (χ1n) is 10.8. The Morgan fingerprint density at radius 2 is 2.12 bits per heavy atom. The number of nitrogens with one attached hydrogen (secondary N) is 3. The summed E-state index contributed by atoms with van der Waals surface area (Å²) in [6.07, 6.45) is 0.787. The molecule has 0 saturated carbocycles. The third-order valence-corrected chi connectivity index (χ3v) is 5.96. The second kappa shape index (κ2) is 8.28. The number of piperidine rings is 1. The van der Waals surface area contributed by atoms with Crippen LogP contribution in [0.5, 0.6) is 0 Å². The van der Waals surface area contributed by atoms with Crippen LogP contribution in [0.2, 0.25) is 0 Å². The minimum Gasteiger partial charge on any atom is -0.359 e. The van der Waals surface area contributed by atoms with Crippen LogP contribution in [-0.4, -0.2) is 43.8 Å². The minimum absolute atomic E-state index is 0.0172. The molecular formula is C22H22F3N7O2. The van der Waals surface area contributed by atoms with Crippen molar-refractivity contribution in [2.45, 2.75) is 38.9 Å². The molecule has 0 aromatic carbocycles. The van der Waals surface area contributed by atoms with Crippen LogP contribution in [0.3, 0.4) is 0 Å². The predicted octanol–water partition coefficient (Wildman–Crippen LogP) is 3.56. The van der Waals surface area contributed by atoms with Crippen LogP contribution in [0.1, 0.15) is 29.9 Å². The van der Waals surface area contributed by atoms with E-state index in [1.54, 1.807) is 19.9 Å². The average molecular weight is 473 g/mol. The van der Waals surface area contributed by atoms with Gasteiger partial charge in [0.1, 0.15) is 22.5 Å². The normalized spacial score (nSPS) is 16.8. The molecule has 0 radical (unpaired) electrons. The lowest BCUT2D eigenvalue weighted by atomic mass is 10.1. The highest BCUT2D eigenvalue weighted by atomic mass is 19.4. The highest BCUT2D eigenvalue weighted by Gasteiger charge is 2.36. The van der Waals surface area contributed by atoms with Crippen molar-refractivity contribution in [2.75, 3.05) is 18.4 Å². The molecule has 1 atom stereocenters. The number of aromatic nitrogens is 5. The van der Waals surface area contributed by atoms with Gasteiger partial charge in [-0.3, -0.25) is 9.36 Å². The van der Waals surface area contributed by atoms with E-state index in [0.29, 0.717) is 29.1 Å². The van der Waals surface area contributed by atoms with Gasteiger partial charge in [0, 0.05) is 42.1 Å². The summed E-state index contributed by atoms with van der Waals surface area (Å²) in [5, 5.41) is 10.5. The Labute approximate surface area is 191 Å². The number of halogens is 3. The number of hydrogen-bond acceptors (Lipinski definition) is 7. The van der Waals surface area contributed by atoms with Crippen LogP contribution in [0.15, 0.2) is 34.0 Å². The van der Waals surface area contributed by atoms with E-state index < -0.39 is 17.3 Å². The lowest BCUT2D eigenvalue weighted by molar-refractivity contribution is -0.137. The van der Waals surface area contributed by atoms with E-state index in [2.05, 4.69) is 30.7 Å². The fraction of sp³-hybridized carbons (Fsp3) is 0.364. The van der Waals surface area contributed by atoms with Crippen LogP contribution < -0.4 is 16.2 Å². The molecule has 1 saturated heterocycles. The third-order valence-electron chi connectivity index (χ3n) is 5.96. The molecular weight excluding hydrogens is 451 g/mol. The van der Waals surface area contributed by atoms with Crippen molar-refractivity contribution < 1.29 is 17.7 Å². The molecule has 34 heavy (non-hydrogen) atoms. The topological polar surface area (TPSA) is 114 Å². The predicted molar refractivity (Wildman–Crippen MR) is 119 cm³/mol. The number of nitrogens with zero attached hydrogens (tertiary/aromatic N) is 4. The highest BCUT2D eigenvalue weighted by Crippen LogP contribution is 2.38. The van der Waals surface area contributed by atoms with Crippen LogP contribution in [0.4, 0.5) is 19.1 Å². The maximum Gasteiger partial charge on any atom is 0.419 e. The number of aryl methyl sites for hydroxylation is 2. The van der Waals surface area contributed by atoms with Gasteiger partial charge in [-0.2, -0.15) is 13.2 Å². The molecule has 5 heterocycles. The number of pyridine rings is 1. The number of anilines is 1. The van der Waals surface area contributed by atoms with Crippen molar-refractivity contribution in [1.29, 1.82) is 0 Å². The first-order valence-corrected chi connectivity index (χ1v) is 10.8. The SMILES string of the molecule is Cc1noc(C)c1-n1ccc2c(-c3nc(NC4CCCNC4)ncc3C(F)(F)F)c[nH]c2c1=O. The number of hydrogen-bond donors (Lipinski definition) is 3. The average Bonchev–Trinajstić information content (AvgIpc) is 3.38. The van der Waals surface area contributed by atoms with Gasteiger partial charge < -0.3 is 20.1 Å². The summed E-state index contributed by atoms with van der Waals surface area (Å²) in [4.78, 5) is 24.2. The third kappa shape index (κ3) is 3.83. The lowest BCUT2D eigenvalue weighted by Gasteiger charge is -2.24. The van der Waals surface area contributed by atoms with Crippen molar-refractivity contribution in [3.63, 3.8) is 0 Å². The van der Waals surface area contributed by atoms with E-state index in [9.17, 15) is 18.0 Å². The van der Waals surface area contributed by atoms with Crippen molar-refractivity contribution in [1.82, 2.24) is 30.0 Å². The summed E-state index contributed by atoms with van der Waals surface area (Å²) < 4.78 is 48.0. The zero-order valence-corrected chi connectivity index (χ0v) is 18.5. The van der Waals surface area contributed by atoms with E-state index in [0.717, 1.165) is 25.6 Å². The first-order chi connectivity index (χ1) is 16.2. The quantitative estimate of drug-likeness (QED) is 0.415. The van der Waals surface area contributed by atoms with Gasteiger partial charge in [0.2, 0.25) is 5.95 Å². The van der Waals surface area contributed by atoms with Crippen molar-refractivity contribution in [2.24, 2.45) is 0 Å². The minimum atomic E-state index is -4.67. The molecule has 0 amide bonds. The molecule has 1 unspecified atom stereocenters. The Kier molecular flexibility index (Phi) is 5.39. The second-order valence-electron chi connectivity index (χ2n) is 8.30. The van der Waals surface area contributed by atoms with Crippen molar-refractivity contribution in [3.8, 4) is 16.9 Å². The number of alkyl halides is 3. The fourth-order valence-electron chi connectivity index (χ4n) is 4.34. The summed E-state index contributed by atoms with van der Waals surface area (Å²) in [5.41, 5.74) is -0.382. The molecule has 0 spiro atoms. The summed E-state index contributed by atoms with van der Waals surface area (Å²) in [5.74, 6) is 0.559. The number of fused-ring (bicyclic) bond motifs is 1. The van der Waals surface area contributed by atoms with Crippen LogP contribution in [0.25, 0.3) is 27.8 Å². The van der Waals surface area contributed by atoms with Gasteiger partial charge in [0.25, 0.3) is 5.56 Å². The maximum atomic E-state index is 13.8. The smallest absolute Gasteiger partial charge is 0.359 e. The van der Waals surface area contributed by atoms with E-state index in [1.807, 2.05) is 0 Å².